The minimum absolute atomic E-state index is 0.683. The van der Waals surface area contributed by atoms with Crippen LogP contribution in [0.15, 0.2) is 12.3 Å². The molecule has 1 aromatic rings. The predicted molar refractivity (Wildman–Crippen MR) is 59.4 cm³/mol. The maximum atomic E-state index is 5.56. The summed E-state index contributed by atoms with van der Waals surface area (Å²) in [6.07, 6.45) is 4.69. The van der Waals surface area contributed by atoms with Crippen LogP contribution in [0.25, 0.3) is 0 Å². The zero-order chi connectivity index (χ0) is 10.2. The number of rotatable bonds is 4. The summed E-state index contributed by atoms with van der Waals surface area (Å²) in [7, 11) is 0. The quantitative estimate of drug-likeness (QED) is 0.425. The Hall–Kier alpha value is -0.940. The van der Waals surface area contributed by atoms with Gasteiger partial charge in [0.15, 0.2) is 0 Å². The van der Waals surface area contributed by atoms with Crippen LogP contribution in [0, 0.1) is 11.8 Å². The van der Waals surface area contributed by atoms with Gasteiger partial charge in [-0.2, -0.15) is 5.10 Å². The third-order valence-electron chi connectivity index (χ3n) is 1.80. The maximum Gasteiger partial charge on any atom is 0.111 e. The second kappa shape index (κ2) is 6.50. The number of aromatic nitrogens is 2. The number of hydrogen-bond acceptors (Lipinski definition) is 1. The van der Waals surface area contributed by atoms with E-state index in [1.54, 1.807) is 6.20 Å². The predicted octanol–water partition coefficient (Wildman–Crippen LogP) is 2.66. The third-order valence-corrected chi connectivity index (χ3v) is 2.07. The van der Waals surface area contributed by atoms with E-state index in [-0.39, 0.29) is 0 Å². The number of unbranched alkanes of at least 4 members (excludes halogenated alkanes) is 1. The Morgan fingerprint density at radius 1 is 1.57 bits per heavy atom. The van der Waals surface area contributed by atoms with Crippen molar-refractivity contribution in [2.75, 3.05) is 5.88 Å². The summed E-state index contributed by atoms with van der Waals surface area (Å²) < 4.78 is 1.94. The molecular weight excluding hydrogens is 196 g/mol. The highest BCUT2D eigenvalue weighted by molar-refractivity contribution is 6.17. The van der Waals surface area contributed by atoms with Crippen molar-refractivity contribution in [3.05, 3.63) is 18.0 Å². The molecule has 1 rings (SSSR count). The van der Waals surface area contributed by atoms with Crippen LogP contribution in [-0.4, -0.2) is 15.7 Å². The monoisotopic (exact) mass is 210 g/mol. The molecule has 0 aliphatic rings. The van der Waals surface area contributed by atoms with Gasteiger partial charge in [0, 0.05) is 18.8 Å². The fourth-order valence-electron chi connectivity index (χ4n) is 1.14. The highest BCUT2D eigenvalue weighted by Crippen LogP contribution is 1.98. The van der Waals surface area contributed by atoms with Crippen LogP contribution in [-0.2, 0) is 6.54 Å². The molecule has 2 nitrogen and oxygen atoms in total. The summed E-state index contributed by atoms with van der Waals surface area (Å²) in [4.78, 5) is 0. The van der Waals surface area contributed by atoms with Gasteiger partial charge >= 0.3 is 0 Å². The molecular formula is C11H15ClN2. The first-order valence-corrected chi connectivity index (χ1v) is 5.48. The first-order valence-electron chi connectivity index (χ1n) is 4.95. The van der Waals surface area contributed by atoms with Crippen molar-refractivity contribution in [3.63, 3.8) is 0 Å². The van der Waals surface area contributed by atoms with Crippen molar-refractivity contribution in [1.29, 1.82) is 0 Å². The molecule has 14 heavy (non-hydrogen) atoms. The van der Waals surface area contributed by atoms with Gasteiger partial charge in [-0.25, -0.2) is 0 Å². The Balaban J connectivity index is 2.55. The van der Waals surface area contributed by atoms with Crippen LogP contribution >= 0.6 is 11.6 Å². The van der Waals surface area contributed by atoms with Gasteiger partial charge in [0.1, 0.15) is 5.69 Å². The third kappa shape index (κ3) is 3.43. The van der Waals surface area contributed by atoms with Crippen molar-refractivity contribution < 1.29 is 0 Å². The Labute approximate surface area is 90.3 Å². The highest BCUT2D eigenvalue weighted by Gasteiger charge is 1.95. The minimum atomic E-state index is 0.683. The summed E-state index contributed by atoms with van der Waals surface area (Å²) >= 11 is 5.56. The molecule has 76 valence electrons. The average molecular weight is 211 g/mol. The van der Waals surface area contributed by atoms with Gasteiger partial charge in [0.25, 0.3) is 0 Å². The van der Waals surface area contributed by atoms with Crippen molar-refractivity contribution in [2.24, 2.45) is 0 Å². The summed E-state index contributed by atoms with van der Waals surface area (Å²) in [6, 6.07) is 1.95. The molecule has 1 aromatic heterocycles. The number of aryl methyl sites for hydroxylation is 1. The van der Waals surface area contributed by atoms with Gasteiger partial charge in [-0.1, -0.05) is 12.8 Å². The van der Waals surface area contributed by atoms with Crippen LogP contribution in [0.4, 0.5) is 0 Å². The lowest BCUT2D eigenvalue weighted by Crippen LogP contribution is -2.01. The second-order valence-corrected chi connectivity index (χ2v) is 3.41. The molecule has 0 radical (unpaired) electrons. The van der Waals surface area contributed by atoms with Crippen LogP contribution in [0.2, 0.25) is 0 Å². The summed E-state index contributed by atoms with van der Waals surface area (Å²) in [5.41, 5.74) is 1.00. The molecule has 0 N–H and O–H groups in total. The fourth-order valence-corrected chi connectivity index (χ4v) is 1.27. The molecule has 0 aliphatic heterocycles. The van der Waals surface area contributed by atoms with Crippen molar-refractivity contribution in [3.8, 4) is 11.8 Å². The Bertz CT molecular complexity index is 320. The molecule has 0 amide bonds. The number of hydrogen-bond donors (Lipinski definition) is 0. The topological polar surface area (TPSA) is 17.8 Å². The van der Waals surface area contributed by atoms with E-state index in [2.05, 4.69) is 23.9 Å². The lowest BCUT2D eigenvalue weighted by molar-refractivity contribution is 0.597. The van der Waals surface area contributed by atoms with Crippen molar-refractivity contribution in [2.45, 2.75) is 32.7 Å². The normalized spacial score (nSPS) is 9.57. The molecule has 0 aromatic carbocycles. The minimum Gasteiger partial charge on any atom is -0.257 e. The highest BCUT2D eigenvalue weighted by atomic mass is 35.5. The Kier molecular flexibility index (Phi) is 5.17. The van der Waals surface area contributed by atoms with E-state index in [0.29, 0.717) is 5.88 Å². The van der Waals surface area contributed by atoms with E-state index in [1.165, 1.54) is 0 Å². The lowest BCUT2D eigenvalue weighted by Gasteiger charge is -1.98. The van der Waals surface area contributed by atoms with E-state index in [4.69, 9.17) is 11.6 Å². The average Bonchev–Trinajstić information content (AvgIpc) is 2.61. The zero-order valence-corrected chi connectivity index (χ0v) is 9.22. The van der Waals surface area contributed by atoms with Crippen molar-refractivity contribution in [1.82, 2.24) is 9.78 Å². The van der Waals surface area contributed by atoms with Crippen LogP contribution in [0.1, 0.15) is 31.9 Å². The first-order chi connectivity index (χ1) is 6.88. The Morgan fingerprint density at radius 2 is 2.43 bits per heavy atom. The van der Waals surface area contributed by atoms with Gasteiger partial charge in [0.2, 0.25) is 0 Å². The van der Waals surface area contributed by atoms with Crippen LogP contribution < -0.4 is 0 Å². The van der Waals surface area contributed by atoms with E-state index < -0.39 is 0 Å². The smallest absolute Gasteiger partial charge is 0.111 e. The second-order valence-electron chi connectivity index (χ2n) is 3.03. The van der Waals surface area contributed by atoms with Gasteiger partial charge in [0.05, 0.1) is 6.20 Å². The standard InChI is InChI=1S/C11H15ClN2/c1-2-10-14-11(7-9-13-14)6-4-3-5-8-12/h7,9H,2-3,5,8,10H2,1H3. The molecule has 0 saturated heterocycles. The summed E-state index contributed by atoms with van der Waals surface area (Å²) in [6.45, 7) is 3.07. The Morgan fingerprint density at radius 3 is 3.14 bits per heavy atom. The van der Waals surface area contributed by atoms with Gasteiger partial charge in [-0.05, 0) is 24.8 Å². The molecule has 0 unspecified atom stereocenters. The van der Waals surface area contributed by atoms with E-state index in [9.17, 15) is 0 Å². The molecule has 0 spiro atoms. The maximum absolute atomic E-state index is 5.56. The van der Waals surface area contributed by atoms with E-state index in [1.807, 2.05) is 10.7 Å². The number of alkyl halides is 1. The lowest BCUT2D eigenvalue weighted by atomic mass is 10.3. The molecule has 0 fully saturated rings. The molecule has 1 heterocycles. The molecule has 3 heteroatoms. The SMILES string of the molecule is CCCn1nccc1C#CCCCCl. The van der Waals surface area contributed by atoms with E-state index in [0.717, 1.165) is 31.5 Å². The number of nitrogens with zero attached hydrogens (tertiary/aromatic N) is 2. The summed E-state index contributed by atoms with van der Waals surface area (Å²) in [5, 5.41) is 4.19. The summed E-state index contributed by atoms with van der Waals surface area (Å²) in [5.74, 6) is 6.88. The molecule has 0 atom stereocenters. The van der Waals surface area contributed by atoms with Gasteiger partial charge in [-0.15, -0.1) is 11.6 Å². The van der Waals surface area contributed by atoms with E-state index >= 15 is 0 Å². The van der Waals surface area contributed by atoms with Crippen LogP contribution in [0.3, 0.4) is 0 Å². The van der Waals surface area contributed by atoms with Crippen molar-refractivity contribution >= 4 is 11.6 Å². The largest absolute Gasteiger partial charge is 0.257 e. The van der Waals surface area contributed by atoms with Gasteiger partial charge < -0.3 is 0 Å². The van der Waals surface area contributed by atoms with Gasteiger partial charge in [-0.3, -0.25) is 4.68 Å². The zero-order valence-electron chi connectivity index (χ0n) is 8.46. The molecule has 0 saturated carbocycles. The first kappa shape index (κ1) is 11.1. The fraction of sp³-hybridized carbons (Fsp3) is 0.545. The molecule has 0 aliphatic carbocycles. The number of halogens is 1. The van der Waals surface area contributed by atoms with Crippen LogP contribution in [0.5, 0.6) is 0 Å². The molecule has 0 bridgehead atoms.